The first kappa shape index (κ1) is 16.9. The molecule has 1 heterocycles. The molecule has 1 aromatic heterocycles. The number of benzene rings is 1. The van der Waals surface area contributed by atoms with Crippen LogP contribution in [0.25, 0.3) is 0 Å². The summed E-state index contributed by atoms with van der Waals surface area (Å²) < 4.78 is 5.33. The van der Waals surface area contributed by atoms with Crippen molar-refractivity contribution in [3.05, 3.63) is 58.5 Å². The number of halogens is 1. The van der Waals surface area contributed by atoms with Gasteiger partial charge in [0.15, 0.2) is 11.7 Å². The number of carbonyl (C=O) groups is 1. The Morgan fingerprint density at radius 2 is 2.17 bits per heavy atom. The number of guanidine groups is 1. The molecular formula is C16H19ClN4O2. The van der Waals surface area contributed by atoms with Gasteiger partial charge in [-0.2, -0.15) is 0 Å². The molecule has 6 nitrogen and oxygen atoms in total. The van der Waals surface area contributed by atoms with Crippen LogP contribution in [-0.4, -0.2) is 30.9 Å². The summed E-state index contributed by atoms with van der Waals surface area (Å²) in [6, 6.07) is 10.9. The third-order valence-electron chi connectivity index (χ3n) is 3.21. The molecule has 1 amide bonds. The van der Waals surface area contributed by atoms with Crippen LogP contribution in [-0.2, 0) is 13.1 Å². The summed E-state index contributed by atoms with van der Waals surface area (Å²) in [6.45, 7) is 1.06. The van der Waals surface area contributed by atoms with Crippen molar-refractivity contribution in [1.82, 2.24) is 10.2 Å². The minimum atomic E-state index is -0.585. The number of hydrogen-bond acceptors (Lipinski definition) is 3. The van der Waals surface area contributed by atoms with Gasteiger partial charge >= 0.3 is 0 Å². The Bertz CT molecular complexity index is 712. The molecule has 0 saturated carbocycles. The van der Waals surface area contributed by atoms with Gasteiger partial charge in [-0.05, 0) is 29.8 Å². The second-order valence-corrected chi connectivity index (χ2v) is 5.45. The van der Waals surface area contributed by atoms with Crippen LogP contribution in [0.4, 0.5) is 0 Å². The zero-order valence-corrected chi connectivity index (χ0v) is 13.8. The average Bonchev–Trinajstić information content (AvgIpc) is 2.97. The third kappa shape index (κ3) is 4.75. The third-order valence-corrected chi connectivity index (χ3v) is 3.44. The Labute approximate surface area is 139 Å². The van der Waals surface area contributed by atoms with Gasteiger partial charge in [0.2, 0.25) is 0 Å². The van der Waals surface area contributed by atoms with E-state index in [4.69, 9.17) is 21.8 Å². The fourth-order valence-electron chi connectivity index (χ4n) is 2.14. The molecule has 122 valence electrons. The number of nitrogens with two attached hydrogens (primary N) is 1. The summed E-state index contributed by atoms with van der Waals surface area (Å²) in [5.41, 5.74) is 6.24. The second kappa shape index (κ2) is 7.69. The highest BCUT2D eigenvalue weighted by Crippen LogP contribution is 2.12. The van der Waals surface area contributed by atoms with Crippen molar-refractivity contribution in [2.75, 3.05) is 14.1 Å². The van der Waals surface area contributed by atoms with Crippen LogP contribution >= 0.6 is 11.6 Å². The fraction of sp³-hybridized carbons (Fsp3) is 0.250. The highest BCUT2D eigenvalue weighted by molar-refractivity contribution is 6.30. The molecule has 0 saturated heterocycles. The largest absolute Gasteiger partial charge is 0.454 e. The van der Waals surface area contributed by atoms with E-state index in [1.165, 1.54) is 0 Å². The van der Waals surface area contributed by atoms with Crippen LogP contribution in [0.3, 0.4) is 0 Å². The highest BCUT2D eigenvalue weighted by Gasteiger charge is 2.10. The van der Waals surface area contributed by atoms with Crippen LogP contribution in [0.15, 0.2) is 45.8 Å². The Morgan fingerprint density at radius 3 is 2.78 bits per heavy atom. The molecule has 23 heavy (non-hydrogen) atoms. The van der Waals surface area contributed by atoms with Gasteiger partial charge in [-0.3, -0.25) is 9.79 Å². The standard InChI is InChI=1S/C16H19ClN4O2/c1-19-16(20-9-13-6-7-14(23-13)15(18)22)21(2)10-11-4-3-5-12(17)8-11/h3-8H,9-10H2,1-2H3,(H2,18,22)(H,19,20). The first-order chi connectivity index (χ1) is 11.0. The topological polar surface area (TPSA) is 83.9 Å². The maximum atomic E-state index is 11.0. The lowest BCUT2D eigenvalue weighted by atomic mass is 10.2. The summed E-state index contributed by atoms with van der Waals surface area (Å²) in [6.07, 6.45) is 0. The highest BCUT2D eigenvalue weighted by atomic mass is 35.5. The SMILES string of the molecule is CN=C(NCc1ccc(C(N)=O)o1)N(C)Cc1cccc(Cl)c1. The number of furan rings is 1. The van der Waals surface area contributed by atoms with Crippen molar-refractivity contribution in [3.63, 3.8) is 0 Å². The van der Waals surface area contributed by atoms with E-state index < -0.39 is 5.91 Å². The minimum absolute atomic E-state index is 0.143. The number of nitrogens with zero attached hydrogens (tertiary/aromatic N) is 2. The van der Waals surface area contributed by atoms with Gasteiger partial charge in [0.05, 0.1) is 6.54 Å². The summed E-state index contributed by atoms with van der Waals surface area (Å²) in [5.74, 6) is 0.862. The number of hydrogen-bond donors (Lipinski definition) is 2. The summed E-state index contributed by atoms with van der Waals surface area (Å²) in [7, 11) is 3.63. The number of amides is 1. The lowest BCUT2D eigenvalue weighted by Gasteiger charge is -2.22. The van der Waals surface area contributed by atoms with Crippen molar-refractivity contribution < 1.29 is 9.21 Å². The van der Waals surface area contributed by atoms with E-state index in [0.29, 0.717) is 29.8 Å². The molecule has 0 fully saturated rings. The molecule has 0 spiro atoms. The second-order valence-electron chi connectivity index (χ2n) is 5.02. The first-order valence-corrected chi connectivity index (χ1v) is 7.42. The first-order valence-electron chi connectivity index (χ1n) is 7.04. The number of rotatable bonds is 5. The maximum absolute atomic E-state index is 11.0. The number of aliphatic imine (C=N–C) groups is 1. The van der Waals surface area contributed by atoms with Crippen molar-refractivity contribution in [1.29, 1.82) is 0 Å². The van der Waals surface area contributed by atoms with E-state index in [9.17, 15) is 4.79 Å². The van der Waals surface area contributed by atoms with Crippen LogP contribution in [0.1, 0.15) is 21.9 Å². The lowest BCUT2D eigenvalue weighted by Crippen LogP contribution is -2.37. The lowest BCUT2D eigenvalue weighted by molar-refractivity contribution is 0.0972. The van der Waals surface area contributed by atoms with E-state index in [0.717, 1.165) is 5.56 Å². The van der Waals surface area contributed by atoms with Crippen molar-refractivity contribution >= 4 is 23.5 Å². The summed E-state index contributed by atoms with van der Waals surface area (Å²) in [5, 5.41) is 3.87. The maximum Gasteiger partial charge on any atom is 0.284 e. The van der Waals surface area contributed by atoms with Gasteiger partial charge in [-0.25, -0.2) is 0 Å². The summed E-state index contributed by atoms with van der Waals surface area (Å²) >= 11 is 6.00. The van der Waals surface area contributed by atoms with Gasteiger partial charge in [0, 0.05) is 25.7 Å². The normalized spacial score (nSPS) is 11.3. The number of primary amides is 1. The molecule has 0 radical (unpaired) electrons. The van der Waals surface area contributed by atoms with E-state index in [-0.39, 0.29) is 5.76 Å². The molecule has 2 aromatic rings. The molecule has 0 aliphatic heterocycles. The zero-order valence-electron chi connectivity index (χ0n) is 13.0. The molecule has 0 unspecified atom stereocenters. The van der Waals surface area contributed by atoms with Gasteiger partial charge in [0.1, 0.15) is 5.76 Å². The predicted octanol–water partition coefficient (Wildman–Crippen LogP) is 2.24. The van der Waals surface area contributed by atoms with Crippen LogP contribution < -0.4 is 11.1 Å². The Kier molecular flexibility index (Phi) is 5.65. The molecule has 0 bridgehead atoms. The molecular weight excluding hydrogens is 316 g/mol. The van der Waals surface area contributed by atoms with Gasteiger partial charge in [-0.15, -0.1) is 0 Å². The van der Waals surface area contributed by atoms with E-state index in [1.807, 2.05) is 36.2 Å². The van der Waals surface area contributed by atoms with Gasteiger partial charge < -0.3 is 20.4 Å². The predicted molar refractivity (Wildman–Crippen MR) is 90.3 cm³/mol. The minimum Gasteiger partial charge on any atom is -0.454 e. The molecule has 1 aromatic carbocycles. The quantitative estimate of drug-likeness (QED) is 0.648. The van der Waals surface area contributed by atoms with E-state index in [1.54, 1.807) is 19.2 Å². The molecule has 3 N–H and O–H groups in total. The van der Waals surface area contributed by atoms with Gasteiger partial charge in [0.25, 0.3) is 5.91 Å². The van der Waals surface area contributed by atoms with Crippen LogP contribution in [0, 0.1) is 0 Å². The monoisotopic (exact) mass is 334 g/mol. The Morgan fingerprint density at radius 1 is 1.39 bits per heavy atom. The average molecular weight is 335 g/mol. The van der Waals surface area contributed by atoms with Crippen molar-refractivity contribution in [2.24, 2.45) is 10.7 Å². The Hall–Kier alpha value is -2.47. The molecule has 7 heteroatoms. The van der Waals surface area contributed by atoms with Crippen molar-refractivity contribution in [3.8, 4) is 0 Å². The van der Waals surface area contributed by atoms with E-state index in [2.05, 4.69) is 10.3 Å². The Balaban J connectivity index is 1.95. The fourth-order valence-corrected chi connectivity index (χ4v) is 2.35. The van der Waals surface area contributed by atoms with Gasteiger partial charge in [-0.1, -0.05) is 23.7 Å². The molecule has 0 atom stereocenters. The molecule has 0 aliphatic rings. The number of nitrogens with one attached hydrogen (secondary N) is 1. The molecule has 0 aliphatic carbocycles. The zero-order chi connectivity index (χ0) is 16.8. The van der Waals surface area contributed by atoms with Crippen LogP contribution in [0.5, 0.6) is 0 Å². The molecule has 2 rings (SSSR count). The van der Waals surface area contributed by atoms with E-state index >= 15 is 0 Å². The van der Waals surface area contributed by atoms with Crippen LogP contribution in [0.2, 0.25) is 5.02 Å². The summed E-state index contributed by atoms with van der Waals surface area (Å²) in [4.78, 5) is 17.2. The number of carbonyl (C=O) groups excluding carboxylic acids is 1. The van der Waals surface area contributed by atoms with Crippen molar-refractivity contribution in [2.45, 2.75) is 13.1 Å². The smallest absolute Gasteiger partial charge is 0.284 e.